The van der Waals surface area contributed by atoms with Crippen LogP contribution in [-0.2, 0) is 0 Å². The van der Waals surface area contributed by atoms with Crippen LogP contribution in [0, 0.1) is 0 Å². The molecular formula is C17H14Cl2N2O3S. The Labute approximate surface area is 158 Å². The highest BCUT2D eigenvalue weighted by molar-refractivity contribution is 7.99. The van der Waals surface area contributed by atoms with Gasteiger partial charge in [-0.25, -0.2) is 0 Å². The van der Waals surface area contributed by atoms with Crippen molar-refractivity contribution >= 4 is 35.0 Å². The van der Waals surface area contributed by atoms with Crippen LogP contribution < -0.4 is 4.74 Å². The molecule has 0 radical (unpaired) electrons. The van der Waals surface area contributed by atoms with Gasteiger partial charge in [-0.2, -0.15) is 0 Å². The number of aromatic nitrogens is 2. The fourth-order valence-corrected chi connectivity index (χ4v) is 2.96. The van der Waals surface area contributed by atoms with Crippen LogP contribution in [-0.4, -0.2) is 33.8 Å². The second-order valence-corrected chi connectivity index (χ2v) is 6.90. The molecule has 25 heavy (non-hydrogen) atoms. The summed E-state index contributed by atoms with van der Waals surface area (Å²) in [5, 5.41) is 19.3. The zero-order valence-corrected chi connectivity index (χ0v) is 15.3. The summed E-state index contributed by atoms with van der Waals surface area (Å²) >= 11 is 13.2. The fourth-order valence-electron chi connectivity index (χ4n) is 1.95. The molecule has 3 rings (SSSR count). The van der Waals surface area contributed by atoms with Gasteiger partial charge in [0.1, 0.15) is 12.4 Å². The summed E-state index contributed by atoms with van der Waals surface area (Å²) in [4.78, 5) is 0. The van der Waals surface area contributed by atoms with Crippen LogP contribution in [0.5, 0.6) is 5.75 Å². The van der Waals surface area contributed by atoms with E-state index in [0.29, 0.717) is 32.7 Å². The van der Waals surface area contributed by atoms with E-state index in [1.54, 1.807) is 18.2 Å². The van der Waals surface area contributed by atoms with Crippen molar-refractivity contribution in [1.29, 1.82) is 0 Å². The first kappa shape index (κ1) is 18.1. The molecule has 0 aliphatic carbocycles. The Morgan fingerprint density at radius 3 is 2.72 bits per heavy atom. The molecule has 0 fully saturated rings. The maximum Gasteiger partial charge on any atom is 0.276 e. The highest BCUT2D eigenvalue weighted by Crippen LogP contribution is 2.28. The molecule has 3 aromatic rings. The first-order chi connectivity index (χ1) is 12.1. The predicted molar refractivity (Wildman–Crippen MR) is 98.4 cm³/mol. The molecule has 0 spiro atoms. The number of thioether (sulfide) groups is 1. The zero-order valence-electron chi connectivity index (χ0n) is 12.9. The highest BCUT2D eigenvalue weighted by atomic mass is 35.5. The van der Waals surface area contributed by atoms with E-state index in [0.717, 1.165) is 5.56 Å². The SMILES string of the molecule is O[C@@H](COc1cc(Cl)ccc1Cl)CSc1nnc(-c2ccccc2)o1. The quantitative estimate of drug-likeness (QED) is 0.589. The monoisotopic (exact) mass is 396 g/mol. The maximum absolute atomic E-state index is 10.0. The Morgan fingerprint density at radius 2 is 1.92 bits per heavy atom. The summed E-state index contributed by atoms with van der Waals surface area (Å²) in [5.41, 5.74) is 0.848. The van der Waals surface area contributed by atoms with E-state index in [1.165, 1.54) is 11.8 Å². The molecule has 8 heteroatoms. The lowest BCUT2D eigenvalue weighted by Crippen LogP contribution is -2.20. The van der Waals surface area contributed by atoms with E-state index in [-0.39, 0.29) is 6.61 Å². The summed E-state index contributed by atoms with van der Waals surface area (Å²) < 4.78 is 11.1. The van der Waals surface area contributed by atoms with Gasteiger partial charge < -0.3 is 14.3 Å². The smallest absolute Gasteiger partial charge is 0.276 e. The van der Waals surface area contributed by atoms with Crippen LogP contribution in [0.1, 0.15) is 0 Å². The average molecular weight is 397 g/mol. The lowest BCUT2D eigenvalue weighted by molar-refractivity contribution is 0.126. The van der Waals surface area contributed by atoms with Crippen LogP contribution in [0.15, 0.2) is 58.2 Å². The second kappa shape index (κ2) is 8.58. The maximum atomic E-state index is 10.0. The Bertz CT molecular complexity index is 830. The highest BCUT2D eigenvalue weighted by Gasteiger charge is 2.13. The summed E-state index contributed by atoms with van der Waals surface area (Å²) in [6, 6.07) is 14.4. The molecule has 0 saturated heterocycles. The van der Waals surface area contributed by atoms with Gasteiger partial charge in [-0.1, -0.05) is 53.2 Å². The fraction of sp³-hybridized carbons (Fsp3) is 0.176. The number of aliphatic hydroxyl groups excluding tert-OH is 1. The molecular weight excluding hydrogens is 383 g/mol. The van der Waals surface area contributed by atoms with E-state index in [1.807, 2.05) is 30.3 Å². The first-order valence-electron chi connectivity index (χ1n) is 7.39. The number of halogens is 2. The number of benzene rings is 2. The lowest BCUT2D eigenvalue weighted by Gasteiger charge is -2.12. The summed E-state index contributed by atoms with van der Waals surface area (Å²) in [7, 11) is 0. The molecule has 1 heterocycles. The Kier molecular flexibility index (Phi) is 6.20. The van der Waals surface area contributed by atoms with E-state index in [4.69, 9.17) is 32.4 Å². The van der Waals surface area contributed by atoms with Gasteiger partial charge in [0.2, 0.25) is 5.89 Å². The van der Waals surface area contributed by atoms with Crippen LogP contribution in [0.4, 0.5) is 0 Å². The van der Waals surface area contributed by atoms with Crippen molar-refractivity contribution in [2.45, 2.75) is 11.3 Å². The molecule has 0 aliphatic rings. The molecule has 1 aromatic heterocycles. The van der Waals surface area contributed by atoms with E-state index >= 15 is 0 Å². The molecule has 0 bridgehead atoms. The van der Waals surface area contributed by atoms with E-state index in [9.17, 15) is 5.11 Å². The van der Waals surface area contributed by atoms with Crippen molar-refractivity contribution in [2.75, 3.05) is 12.4 Å². The van der Waals surface area contributed by atoms with E-state index in [2.05, 4.69) is 10.2 Å². The average Bonchev–Trinajstić information content (AvgIpc) is 3.10. The molecule has 0 unspecified atom stereocenters. The van der Waals surface area contributed by atoms with Gasteiger partial charge in [0.15, 0.2) is 0 Å². The minimum Gasteiger partial charge on any atom is -0.489 e. The largest absolute Gasteiger partial charge is 0.489 e. The molecule has 1 atom stereocenters. The van der Waals surface area contributed by atoms with Crippen molar-refractivity contribution in [2.24, 2.45) is 0 Å². The molecule has 130 valence electrons. The number of nitrogens with zero attached hydrogens (tertiary/aromatic N) is 2. The standard InChI is InChI=1S/C17H14Cl2N2O3S/c18-12-6-7-14(19)15(8-12)23-9-13(22)10-25-17-21-20-16(24-17)11-4-2-1-3-5-11/h1-8,13,22H,9-10H2/t13-/m0/s1. The molecule has 1 N–H and O–H groups in total. The summed E-state index contributed by atoms with van der Waals surface area (Å²) in [6.07, 6.45) is -0.730. The number of rotatable bonds is 7. The van der Waals surface area contributed by atoms with Gasteiger partial charge in [0.25, 0.3) is 5.22 Å². The van der Waals surface area contributed by atoms with Crippen LogP contribution in [0.3, 0.4) is 0 Å². The topological polar surface area (TPSA) is 68.4 Å². The predicted octanol–water partition coefficient (Wildman–Crippen LogP) is 4.58. The van der Waals surface area contributed by atoms with Crippen molar-refractivity contribution < 1.29 is 14.3 Å². The van der Waals surface area contributed by atoms with Gasteiger partial charge in [0, 0.05) is 22.4 Å². The molecule has 0 amide bonds. The third-order valence-corrected chi connectivity index (χ3v) is 4.66. The minimum atomic E-state index is -0.730. The Morgan fingerprint density at radius 1 is 1.12 bits per heavy atom. The van der Waals surface area contributed by atoms with Crippen LogP contribution in [0.2, 0.25) is 10.0 Å². The van der Waals surface area contributed by atoms with E-state index < -0.39 is 6.10 Å². The van der Waals surface area contributed by atoms with Crippen LogP contribution >= 0.6 is 35.0 Å². The van der Waals surface area contributed by atoms with Crippen molar-refractivity contribution in [3.8, 4) is 17.2 Å². The van der Waals surface area contributed by atoms with Crippen molar-refractivity contribution in [1.82, 2.24) is 10.2 Å². The molecule has 2 aromatic carbocycles. The number of aliphatic hydroxyl groups is 1. The summed E-state index contributed by atoms with van der Waals surface area (Å²) in [6.45, 7) is 0.0761. The zero-order chi connectivity index (χ0) is 17.6. The van der Waals surface area contributed by atoms with Crippen molar-refractivity contribution in [3.05, 3.63) is 58.6 Å². The molecule has 0 saturated carbocycles. The van der Waals surface area contributed by atoms with Gasteiger partial charge >= 0.3 is 0 Å². The second-order valence-electron chi connectivity index (χ2n) is 5.09. The number of ether oxygens (including phenoxy) is 1. The number of hydrogen-bond acceptors (Lipinski definition) is 6. The Hall–Kier alpha value is -1.73. The van der Waals surface area contributed by atoms with Crippen molar-refractivity contribution in [3.63, 3.8) is 0 Å². The lowest BCUT2D eigenvalue weighted by atomic mass is 10.2. The van der Waals surface area contributed by atoms with Gasteiger partial charge in [-0.15, -0.1) is 10.2 Å². The third kappa shape index (κ3) is 5.12. The van der Waals surface area contributed by atoms with Gasteiger partial charge in [0.05, 0.1) is 11.1 Å². The summed E-state index contributed by atoms with van der Waals surface area (Å²) in [5.74, 6) is 1.22. The molecule has 0 aliphatic heterocycles. The minimum absolute atomic E-state index is 0.0761. The van der Waals surface area contributed by atoms with Crippen LogP contribution in [0.25, 0.3) is 11.5 Å². The van der Waals surface area contributed by atoms with Gasteiger partial charge in [-0.05, 0) is 24.3 Å². The third-order valence-electron chi connectivity index (χ3n) is 3.15. The first-order valence-corrected chi connectivity index (χ1v) is 9.13. The normalized spacial score (nSPS) is 12.1. The Balaban J connectivity index is 1.50. The van der Waals surface area contributed by atoms with Gasteiger partial charge in [-0.3, -0.25) is 0 Å². The number of hydrogen-bond donors (Lipinski definition) is 1. The molecule has 5 nitrogen and oxygen atoms in total.